The number of ether oxygens (including phenoxy) is 2. The lowest BCUT2D eigenvalue weighted by Gasteiger charge is -2.38. The zero-order chi connectivity index (χ0) is 24.3. The zero-order valence-corrected chi connectivity index (χ0v) is 20.2. The first-order valence-electron chi connectivity index (χ1n) is 11.0. The maximum absolute atomic E-state index is 13.5. The highest BCUT2D eigenvalue weighted by atomic mass is 32.2. The summed E-state index contributed by atoms with van der Waals surface area (Å²) in [5.41, 5.74) is 0.766. The van der Waals surface area contributed by atoms with Crippen molar-refractivity contribution in [2.24, 2.45) is 0 Å². The molecule has 0 saturated carbocycles. The van der Waals surface area contributed by atoms with Gasteiger partial charge in [-0.3, -0.25) is 9.10 Å². The summed E-state index contributed by atoms with van der Waals surface area (Å²) < 4.78 is 39.4. The Balaban J connectivity index is 1.63. The highest BCUT2D eigenvalue weighted by Gasteiger charge is 2.35. The summed E-state index contributed by atoms with van der Waals surface area (Å²) in [6.07, 6.45) is 0.559. The van der Waals surface area contributed by atoms with Gasteiger partial charge in [-0.2, -0.15) is 0 Å². The number of nitrogens with one attached hydrogen (secondary N) is 1. The zero-order valence-electron chi connectivity index (χ0n) is 19.4. The number of sulfonamides is 1. The Bertz CT molecular complexity index is 1260. The minimum absolute atomic E-state index is 0.108. The van der Waals surface area contributed by atoms with E-state index in [2.05, 4.69) is 5.32 Å². The van der Waals surface area contributed by atoms with Crippen molar-refractivity contribution in [3.05, 3.63) is 84.4 Å². The van der Waals surface area contributed by atoms with Crippen LogP contribution in [0.1, 0.15) is 31.9 Å². The van der Waals surface area contributed by atoms with Crippen LogP contribution in [0.5, 0.6) is 11.5 Å². The fourth-order valence-corrected chi connectivity index (χ4v) is 5.53. The van der Waals surface area contributed by atoms with Crippen LogP contribution >= 0.6 is 0 Å². The van der Waals surface area contributed by atoms with E-state index >= 15 is 0 Å². The number of benzene rings is 3. The molecule has 7 nitrogen and oxygen atoms in total. The molecule has 34 heavy (non-hydrogen) atoms. The first-order chi connectivity index (χ1) is 16.2. The fourth-order valence-electron chi connectivity index (χ4n) is 4.08. The average molecular weight is 481 g/mol. The average Bonchev–Trinajstić information content (AvgIpc) is 2.82. The molecule has 1 aliphatic rings. The third-order valence-electron chi connectivity index (χ3n) is 5.69. The third-order valence-corrected chi connectivity index (χ3v) is 7.48. The van der Waals surface area contributed by atoms with Gasteiger partial charge in [-0.15, -0.1) is 0 Å². The first-order valence-corrected chi connectivity index (χ1v) is 12.4. The van der Waals surface area contributed by atoms with Crippen LogP contribution < -0.4 is 19.1 Å². The number of methoxy groups -OCH3 is 1. The summed E-state index contributed by atoms with van der Waals surface area (Å²) in [7, 11) is -2.45. The number of amides is 1. The molecule has 4 rings (SSSR count). The number of anilines is 1. The molecule has 1 heterocycles. The maximum Gasteiger partial charge on any atom is 0.264 e. The molecule has 0 bridgehead atoms. The Morgan fingerprint density at radius 1 is 1.03 bits per heavy atom. The van der Waals surface area contributed by atoms with E-state index in [-0.39, 0.29) is 17.5 Å². The van der Waals surface area contributed by atoms with Gasteiger partial charge < -0.3 is 14.8 Å². The van der Waals surface area contributed by atoms with E-state index in [4.69, 9.17) is 9.47 Å². The Kier molecular flexibility index (Phi) is 6.52. The summed E-state index contributed by atoms with van der Waals surface area (Å²) in [6.45, 7) is 3.56. The Morgan fingerprint density at radius 3 is 2.35 bits per heavy atom. The van der Waals surface area contributed by atoms with Crippen LogP contribution in [0, 0.1) is 0 Å². The molecule has 0 aromatic heterocycles. The Labute approximate surface area is 200 Å². The second-order valence-corrected chi connectivity index (χ2v) is 10.6. The number of carbonyl (C=O) groups excluding carboxylic acids is 1. The van der Waals surface area contributed by atoms with Crippen molar-refractivity contribution < 1.29 is 22.7 Å². The van der Waals surface area contributed by atoms with E-state index in [1.165, 1.54) is 19.2 Å². The molecule has 8 heteroatoms. The third kappa shape index (κ3) is 5.02. The highest BCUT2D eigenvalue weighted by molar-refractivity contribution is 7.92. The molecule has 3 aromatic carbocycles. The summed E-state index contributed by atoms with van der Waals surface area (Å²) in [6, 6.07) is 21.9. The van der Waals surface area contributed by atoms with E-state index in [9.17, 15) is 13.2 Å². The molecule has 0 radical (unpaired) electrons. The summed E-state index contributed by atoms with van der Waals surface area (Å²) in [4.78, 5) is 13.3. The van der Waals surface area contributed by atoms with E-state index in [0.29, 0.717) is 23.6 Å². The molecule has 1 unspecified atom stereocenters. The van der Waals surface area contributed by atoms with Crippen LogP contribution in [0.4, 0.5) is 5.69 Å². The maximum atomic E-state index is 13.5. The van der Waals surface area contributed by atoms with E-state index in [0.717, 1.165) is 9.87 Å². The van der Waals surface area contributed by atoms with Gasteiger partial charge in [-0.05, 0) is 56.3 Å². The Hall–Kier alpha value is -3.52. The number of fused-ring (bicyclic) bond motifs is 1. The van der Waals surface area contributed by atoms with Crippen molar-refractivity contribution in [1.82, 2.24) is 5.32 Å². The van der Waals surface area contributed by atoms with Crippen molar-refractivity contribution >= 4 is 21.6 Å². The smallest absolute Gasteiger partial charge is 0.264 e. The van der Waals surface area contributed by atoms with E-state index in [1.54, 1.807) is 42.5 Å². The largest absolute Gasteiger partial charge is 0.497 e. The number of rotatable bonds is 7. The summed E-state index contributed by atoms with van der Waals surface area (Å²) in [5.74, 6) is 0.895. The molecule has 0 aliphatic carbocycles. The normalized spacial score (nSPS) is 16.6. The number of hydrogen-bond donors (Lipinski definition) is 1. The molecule has 1 amide bonds. The predicted molar refractivity (Wildman–Crippen MR) is 131 cm³/mol. The molecule has 1 N–H and O–H groups in total. The molecular formula is C26H28N2O5S. The Morgan fingerprint density at radius 2 is 1.68 bits per heavy atom. The van der Waals surface area contributed by atoms with Gasteiger partial charge in [0.2, 0.25) is 5.91 Å². The van der Waals surface area contributed by atoms with E-state index < -0.39 is 21.5 Å². The monoisotopic (exact) mass is 480 g/mol. The van der Waals surface area contributed by atoms with Crippen LogP contribution in [0.15, 0.2) is 83.8 Å². The second-order valence-electron chi connectivity index (χ2n) is 8.75. The minimum atomic E-state index is -3.99. The summed E-state index contributed by atoms with van der Waals surface area (Å²) in [5, 5.41) is 3.03. The van der Waals surface area contributed by atoms with Crippen molar-refractivity contribution in [1.29, 1.82) is 0 Å². The van der Waals surface area contributed by atoms with Crippen molar-refractivity contribution in [2.75, 3.05) is 18.0 Å². The van der Waals surface area contributed by atoms with Crippen molar-refractivity contribution in [3.63, 3.8) is 0 Å². The molecule has 1 atom stereocenters. The number of nitrogens with zero attached hydrogens (tertiary/aromatic N) is 1. The van der Waals surface area contributed by atoms with Crippen LogP contribution in [0.2, 0.25) is 0 Å². The lowest BCUT2D eigenvalue weighted by atomic mass is 9.89. The first kappa shape index (κ1) is 23.6. The molecule has 0 saturated heterocycles. The fraction of sp³-hybridized carbons (Fsp3) is 0.269. The van der Waals surface area contributed by atoms with Gasteiger partial charge in [0, 0.05) is 12.0 Å². The number of para-hydroxylation sites is 1. The molecule has 178 valence electrons. The quantitative estimate of drug-likeness (QED) is 0.545. The molecule has 1 aliphatic heterocycles. The molecule has 0 fully saturated rings. The van der Waals surface area contributed by atoms with Crippen LogP contribution in [-0.4, -0.2) is 33.6 Å². The van der Waals surface area contributed by atoms with Crippen LogP contribution in [-0.2, 0) is 14.8 Å². The summed E-state index contributed by atoms with van der Waals surface area (Å²) >= 11 is 0. The van der Waals surface area contributed by atoms with Gasteiger partial charge >= 0.3 is 0 Å². The molecular weight excluding hydrogens is 452 g/mol. The van der Waals surface area contributed by atoms with Crippen molar-refractivity contribution in [2.45, 2.75) is 36.8 Å². The van der Waals surface area contributed by atoms with Gasteiger partial charge in [0.25, 0.3) is 10.0 Å². The van der Waals surface area contributed by atoms with Gasteiger partial charge in [-0.25, -0.2) is 8.42 Å². The van der Waals surface area contributed by atoms with Gasteiger partial charge in [0.1, 0.15) is 23.6 Å². The SMILES string of the molecule is COc1ccc(N(CC(=O)NC2CC(C)(C)Oc3ccccc32)S(=O)(=O)c2ccccc2)cc1. The number of hydrogen-bond acceptors (Lipinski definition) is 5. The molecule has 0 spiro atoms. The van der Waals surface area contributed by atoms with Gasteiger partial charge in [-0.1, -0.05) is 36.4 Å². The van der Waals surface area contributed by atoms with Gasteiger partial charge in [0.05, 0.1) is 23.7 Å². The topological polar surface area (TPSA) is 84.9 Å². The number of carbonyl (C=O) groups is 1. The second kappa shape index (κ2) is 9.38. The van der Waals surface area contributed by atoms with Crippen molar-refractivity contribution in [3.8, 4) is 11.5 Å². The predicted octanol–water partition coefficient (Wildman–Crippen LogP) is 4.31. The van der Waals surface area contributed by atoms with Gasteiger partial charge in [0.15, 0.2) is 0 Å². The lowest BCUT2D eigenvalue weighted by Crippen LogP contribution is -2.45. The molecule has 3 aromatic rings. The van der Waals surface area contributed by atoms with Crippen LogP contribution in [0.3, 0.4) is 0 Å². The van der Waals surface area contributed by atoms with Crippen LogP contribution in [0.25, 0.3) is 0 Å². The highest BCUT2D eigenvalue weighted by Crippen LogP contribution is 2.39. The minimum Gasteiger partial charge on any atom is -0.497 e. The standard InChI is InChI=1S/C26H28N2O5S/c1-26(2)17-23(22-11-7-8-12-24(22)33-26)27-25(29)18-28(19-13-15-20(32-3)16-14-19)34(30,31)21-9-5-4-6-10-21/h4-16,23H,17-18H2,1-3H3,(H,27,29). The lowest BCUT2D eigenvalue weighted by molar-refractivity contribution is -0.120. The van der Waals surface area contributed by atoms with E-state index in [1.807, 2.05) is 38.1 Å².